The third-order valence-electron chi connectivity index (χ3n) is 4.30. The molecule has 3 aromatic rings. The predicted octanol–water partition coefficient (Wildman–Crippen LogP) is 4.86. The molecule has 0 radical (unpaired) electrons. The predicted molar refractivity (Wildman–Crippen MR) is 106 cm³/mol. The summed E-state index contributed by atoms with van der Waals surface area (Å²) in [5.74, 6) is 0. The van der Waals surface area contributed by atoms with Crippen molar-refractivity contribution in [3.8, 4) is 0 Å². The molecule has 0 aliphatic rings. The fourth-order valence-corrected chi connectivity index (χ4v) is 3.48. The zero-order valence-electron chi connectivity index (χ0n) is 14.0. The van der Waals surface area contributed by atoms with Crippen molar-refractivity contribution in [3.63, 3.8) is 0 Å². The molecule has 0 amide bonds. The summed E-state index contributed by atoms with van der Waals surface area (Å²) in [6, 6.07) is 14.0. The highest BCUT2D eigenvalue weighted by molar-refractivity contribution is 6.35. The molecule has 3 rings (SSSR count). The third kappa shape index (κ3) is 4.56. The minimum atomic E-state index is 0.253. The summed E-state index contributed by atoms with van der Waals surface area (Å²) < 4.78 is 2.23. The van der Waals surface area contributed by atoms with Crippen LogP contribution < -0.4 is 5.32 Å². The van der Waals surface area contributed by atoms with Gasteiger partial charge in [-0.15, -0.1) is 0 Å². The van der Waals surface area contributed by atoms with Crippen LogP contribution in [0.3, 0.4) is 0 Å². The molecule has 0 saturated carbocycles. The molecule has 0 spiro atoms. The minimum Gasteiger partial charge on any atom is -0.396 e. The maximum atomic E-state index is 8.86. The molecular formula is C20H22Cl2N2O. The highest BCUT2D eigenvalue weighted by atomic mass is 35.5. The summed E-state index contributed by atoms with van der Waals surface area (Å²) in [5, 5.41) is 14.9. The van der Waals surface area contributed by atoms with Gasteiger partial charge in [-0.2, -0.15) is 0 Å². The lowest BCUT2D eigenvalue weighted by Crippen LogP contribution is -2.14. The monoisotopic (exact) mass is 376 g/mol. The zero-order chi connectivity index (χ0) is 17.6. The van der Waals surface area contributed by atoms with E-state index in [9.17, 15) is 0 Å². The number of unbranched alkanes of at least 4 members (excludes halogenated alkanes) is 1. The van der Waals surface area contributed by atoms with Crippen LogP contribution in [0.2, 0.25) is 10.0 Å². The van der Waals surface area contributed by atoms with E-state index >= 15 is 0 Å². The van der Waals surface area contributed by atoms with Crippen LogP contribution in [0.25, 0.3) is 10.9 Å². The van der Waals surface area contributed by atoms with Crippen LogP contribution in [-0.4, -0.2) is 22.8 Å². The number of nitrogens with zero attached hydrogens (tertiary/aromatic N) is 1. The number of para-hydroxylation sites is 1. The second-order valence-electron chi connectivity index (χ2n) is 6.14. The Morgan fingerprint density at radius 3 is 2.64 bits per heavy atom. The van der Waals surface area contributed by atoms with Crippen LogP contribution >= 0.6 is 23.2 Å². The Kier molecular flexibility index (Phi) is 6.38. The quantitative estimate of drug-likeness (QED) is 0.550. The van der Waals surface area contributed by atoms with E-state index in [2.05, 4.69) is 40.3 Å². The fourth-order valence-electron chi connectivity index (χ4n) is 3.01. The average molecular weight is 377 g/mol. The van der Waals surface area contributed by atoms with E-state index < -0.39 is 0 Å². The first kappa shape index (κ1) is 18.3. The van der Waals surface area contributed by atoms with Gasteiger partial charge in [-0.1, -0.05) is 47.5 Å². The maximum absolute atomic E-state index is 8.86. The van der Waals surface area contributed by atoms with Gasteiger partial charge in [0.15, 0.2) is 0 Å². The van der Waals surface area contributed by atoms with Crippen molar-refractivity contribution in [3.05, 3.63) is 69.8 Å². The van der Waals surface area contributed by atoms with Gasteiger partial charge in [-0.25, -0.2) is 0 Å². The first-order valence-electron chi connectivity index (χ1n) is 8.51. The Morgan fingerprint density at radius 1 is 1.00 bits per heavy atom. The maximum Gasteiger partial charge on any atom is 0.0491 e. The van der Waals surface area contributed by atoms with Gasteiger partial charge >= 0.3 is 0 Å². The Labute approximate surface area is 158 Å². The van der Waals surface area contributed by atoms with Crippen LogP contribution in [0.4, 0.5) is 0 Å². The Balaban J connectivity index is 1.81. The lowest BCUT2D eigenvalue weighted by atomic mass is 10.2. The summed E-state index contributed by atoms with van der Waals surface area (Å²) in [4.78, 5) is 0. The van der Waals surface area contributed by atoms with Gasteiger partial charge in [0.25, 0.3) is 0 Å². The molecule has 0 aliphatic carbocycles. The number of rotatable bonds is 8. The van der Waals surface area contributed by atoms with Crippen molar-refractivity contribution in [2.75, 3.05) is 13.2 Å². The van der Waals surface area contributed by atoms with Crippen molar-refractivity contribution in [2.45, 2.75) is 25.9 Å². The molecule has 1 heterocycles. The van der Waals surface area contributed by atoms with E-state index in [1.807, 2.05) is 12.1 Å². The summed E-state index contributed by atoms with van der Waals surface area (Å²) >= 11 is 12.3. The summed E-state index contributed by atoms with van der Waals surface area (Å²) in [6.45, 7) is 2.68. The number of hydrogen-bond donors (Lipinski definition) is 2. The van der Waals surface area contributed by atoms with E-state index in [4.69, 9.17) is 28.3 Å². The molecule has 0 saturated heterocycles. The van der Waals surface area contributed by atoms with Crippen LogP contribution in [0, 0.1) is 0 Å². The molecule has 25 heavy (non-hydrogen) atoms. The van der Waals surface area contributed by atoms with Gasteiger partial charge in [-0.05, 0) is 48.7 Å². The standard InChI is InChI=1S/C20H22Cl2N2O/c21-17-8-7-15(19(22)11-17)13-24-14-16(12-23-9-3-4-10-25)18-5-1-2-6-20(18)24/h1-2,5-8,11,14,23,25H,3-4,9-10,12-13H2. The summed E-state index contributed by atoms with van der Waals surface area (Å²) in [6.07, 6.45) is 4.01. The van der Waals surface area contributed by atoms with Crippen molar-refractivity contribution in [1.29, 1.82) is 0 Å². The van der Waals surface area contributed by atoms with Gasteiger partial charge in [0.2, 0.25) is 0 Å². The zero-order valence-corrected chi connectivity index (χ0v) is 15.5. The summed E-state index contributed by atoms with van der Waals surface area (Å²) in [7, 11) is 0. The fraction of sp³-hybridized carbons (Fsp3) is 0.300. The van der Waals surface area contributed by atoms with Crippen molar-refractivity contribution < 1.29 is 5.11 Å². The van der Waals surface area contributed by atoms with Crippen LogP contribution in [-0.2, 0) is 13.1 Å². The van der Waals surface area contributed by atoms with Gasteiger partial charge in [0, 0.05) is 46.8 Å². The van der Waals surface area contributed by atoms with E-state index in [0.717, 1.165) is 31.5 Å². The van der Waals surface area contributed by atoms with Crippen molar-refractivity contribution >= 4 is 34.1 Å². The number of aliphatic hydroxyl groups is 1. The smallest absolute Gasteiger partial charge is 0.0491 e. The Bertz CT molecular complexity index is 845. The van der Waals surface area contributed by atoms with Gasteiger partial charge in [0.05, 0.1) is 0 Å². The van der Waals surface area contributed by atoms with Gasteiger partial charge < -0.3 is 15.0 Å². The first-order valence-corrected chi connectivity index (χ1v) is 9.27. The number of fused-ring (bicyclic) bond motifs is 1. The molecule has 1 aromatic heterocycles. The lowest BCUT2D eigenvalue weighted by Gasteiger charge is -2.08. The van der Waals surface area contributed by atoms with Crippen LogP contribution in [0.1, 0.15) is 24.0 Å². The second-order valence-corrected chi connectivity index (χ2v) is 6.99. The largest absolute Gasteiger partial charge is 0.396 e. The van der Waals surface area contributed by atoms with Gasteiger partial charge in [0.1, 0.15) is 0 Å². The van der Waals surface area contributed by atoms with E-state index in [0.29, 0.717) is 16.6 Å². The number of hydrogen-bond acceptors (Lipinski definition) is 2. The van der Waals surface area contributed by atoms with Crippen molar-refractivity contribution in [2.24, 2.45) is 0 Å². The molecule has 0 unspecified atom stereocenters. The Morgan fingerprint density at radius 2 is 1.84 bits per heavy atom. The number of benzene rings is 2. The number of aromatic nitrogens is 1. The topological polar surface area (TPSA) is 37.2 Å². The van der Waals surface area contributed by atoms with E-state index in [1.54, 1.807) is 6.07 Å². The molecule has 5 heteroatoms. The molecule has 0 fully saturated rings. The highest BCUT2D eigenvalue weighted by Gasteiger charge is 2.10. The molecule has 0 atom stereocenters. The van der Waals surface area contributed by atoms with Crippen LogP contribution in [0.5, 0.6) is 0 Å². The van der Waals surface area contributed by atoms with E-state index in [-0.39, 0.29) is 6.61 Å². The molecule has 0 bridgehead atoms. The highest BCUT2D eigenvalue weighted by Crippen LogP contribution is 2.26. The Hall–Kier alpha value is -1.52. The average Bonchev–Trinajstić information content (AvgIpc) is 2.95. The second kappa shape index (κ2) is 8.72. The van der Waals surface area contributed by atoms with Crippen LogP contribution in [0.15, 0.2) is 48.7 Å². The SMILES string of the molecule is OCCCCNCc1cn(Cc2ccc(Cl)cc2Cl)c2ccccc12. The molecule has 2 aromatic carbocycles. The first-order chi connectivity index (χ1) is 12.2. The lowest BCUT2D eigenvalue weighted by molar-refractivity contribution is 0.283. The molecular weight excluding hydrogens is 355 g/mol. The van der Waals surface area contributed by atoms with Gasteiger partial charge in [-0.3, -0.25) is 0 Å². The third-order valence-corrected chi connectivity index (χ3v) is 4.89. The number of aliphatic hydroxyl groups excluding tert-OH is 1. The molecule has 0 aliphatic heterocycles. The normalized spacial score (nSPS) is 11.3. The van der Waals surface area contributed by atoms with E-state index in [1.165, 1.54) is 16.5 Å². The number of nitrogens with one attached hydrogen (secondary N) is 1. The number of halogens is 2. The van der Waals surface area contributed by atoms with Crippen molar-refractivity contribution in [1.82, 2.24) is 9.88 Å². The molecule has 3 nitrogen and oxygen atoms in total. The summed E-state index contributed by atoms with van der Waals surface area (Å²) in [5.41, 5.74) is 3.51. The molecule has 2 N–H and O–H groups in total. The molecule has 132 valence electrons. The minimum absolute atomic E-state index is 0.253.